The number of carbonyl (C=O) groups excluding carboxylic acids is 1. The lowest BCUT2D eigenvalue weighted by Crippen LogP contribution is -2.22. The Kier molecular flexibility index (Phi) is 4.04. The van der Waals surface area contributed by atoms with Gasteiger partial charge in [-0.25, -0.2) is 4.79 Å². The number of hydrogen-bond acceptors (Lipinski definition) is 2. The van der Waals surface area contributed by atoms with Crippen LogP contribution in [0, 0.1) is 0 Å². The molecule has 2 N–H and O–H groups in total. The molecule has 0 aliphatic rings. The van der Waals surface area contributed by atoms with Crippen LogP contribution in [0.4, 0.5) is 0 Å². The smallest absolute Gasteiger partial charge is 0.333 e. The molecule has 0 saturated carbocycles. The van der Waals surface area contributed by atoms with Crippen LogP contribution < -0.4 is 5.32 Å². The van der Waals surface area contributed by atoms with Crippen molar-refractivity contribution in [2.45, 2.75) is 27.2 Å². The third-order valence-corrected chi connectivity index (χ3v) is 1.53. The second-order valence-corrected chi connectivity index (χ2v) is 2.46. The average molecular weight is 171 g/mol. The zero-order chi connectivity index (χ0) is 9.72. The van der Waals surface area contributed by atoms with E-state index in [9.17, 15) is 9.59 Å². The van der Waals surface area contributed by atoms with Crippen molar-refractivity contribution in [1.29, 1.82) is 0 Å². The number of carboxylic acids is 1. The van der Waals surface area contributed by atoms with Crippen LogP contribution in [0.5, 0.6) is 0 Å². The first-order valence-electron chi connectivity index (χ1n) is 3.69. The quantitative estimate of drug-likeness (QED) is 0.620. The summed E-state index contributed by atoms with van der Waals surface area (Å²) in [4.78, 5) is 21.2. The highest BCUT2D eigenvalue weighted by molar-refractivity contribution is 5.88. The molecule has 0 aliphatic heterocycles. The summed E-state index contributed by atoms with van der Waals surface area (Å²) in [7, 11) is 0. The second kappa shape index (κ2) is 4.54. The van der Waals surface area contributed by atoms with Crippen molar-refractivity contribution in [1.82, 2.24) is 5.32 Å². The molecule has 0 unspecified atom stereocenters. The van der Waals surface area contributed by atoms with Gasteiger partial charge >= 0.3 is 5.97 Å². The van der Waals surface area contributed by atoms with Crippen LogP contribution in [0.15, 0.2) is 11.3 Å². The van der Waals surface area contributed by atoms with Crippen LogP contribution in [0.1, 0.15) is 27.2 Å². The highest BCUT2D eigenvalue weighted by atomic mass is 16.4. The molecule has 0 aromatic rings. The summed E-state index contributed by atoms with van der Waals surface area (Å²) in [5.74, 6) is -1.18. The molecule has 0 rings (SSSR count). The topological polar surface area (TPSA) is 66.4 Å². The van der Waals surface area contributed by atoms with E-state index in [2.05, 4.69) is 5.32 Å². The van der Waals surface area contributed by atoms with Crippen molar-refractivity contribution in [3.05, 3.63) is 11.3 Å². The number of amides is 1. The highest BCUT2D eigenvalue weighted by Gasteiger charge is 2.06. The summed E-state index contributed by atoms with van der Waals surface area (Å²) >= 11 is 0. The van der Waals surface area contributed by atoms with Gasteiger partial charge in [-0.2, -0.15) is 0 Å². The fraction of sp³-hybridized carbons (Fsp3) is 0.500. The van der Waals surface area contributed by atoms with Crippen LogP contribution in [0.2, 0.25) is 0 Å². The molecule has 4 heteroatoms. The van der Waals surface area contributed by atoms with Crippen molar-refractivity contribution in [2.75, 3.05) is 0 Å². The van der Waals surface area contributed by atoms with Gasteiger partial charge in [-0.1, -0.05) is 6.92 Å². The maximum Gasteiger partial charge on any atom is 0.333 e. The average Bonchev–Trinajstić information content (AvgIpc) is 2.02. The van der Waals surface area contributed by atoms with Crippen LogP contribution in [-0.2, 0) is 9.59 Å². The lowest BCUT2D eigenvalue weighted by molar-refractivity contribution is -0.132. The monoisotopic (exact) mass is 171 g/mol. The van der Waals surface area contributed by atoms with E-state index in [4.69, 9.17) is 5.11 Å². The van der Waals surface area contributed by atoms with E-state index in [1.807, 2.05) is 0 Å². The minimum Gasteiger partial charge on any atom is -0.478 e. The number of allylic oxidation sites excluding steroid dienone is 1. The molecule has 0 aromatic heterocycles. The molecule has 12 heavy (non-hydrogen) atoms. The summed E-state index contributed by atoms with van der Waals surface area (Å²) in [6.45, 7) is 4.73. The number of carbonyl (C=O) groups is 2. The lowest BCUT2D eigenvalue weighted by atomic mass is 10.2. The predicted molar refractivity (Wildman–Crippen MR) is 44.4 cm³/mol. The molecule has 0 heterocycles. The molecule has 4 nitrogen and oxygen atoms in total. The van der Waals surface area contributed by atoms with Crippen molar-refractivity contribution >= 4 is 11.9 Å². The zero-order valence-electron chi connectivity index (χ0n) is 7.47. The van der Waals surface area contributed by atoms with Gasteiger partial charge in [0.2, 0.25) is 5.91 Å². The Morgan fingerprint density at radius 3 is 2.17 bits per heavy atom. The molecule has 0 aromatic carbocycles. The van der Waals surface area contributed by atoms with Gasteiger partial charge in [-0.3, -0.25) is 4.79 Å². The first-order chi connectivity index (χ1) is 5.49. The molecule has 0 spiro atoms. The van der Waals surface area contributed by atoms with Crippen molar-refractivity contribution in [3.8, 4) is 0 Å². The van der Waals surface area contributed by atoms with Gasteiger partial charge in [0.05, 0.1) is 5.57 Å². The minimum absolute atomic E-state index is 0.164. The Morgan fingerprint density at radius 2 is 1.83 bits per heavy atom. The van der Waals surface area contributed by atoms with E-state index in [1.165, 1.54) is 6.92 Å². The molecule has 0 aliphatic carbocycles. The zero-order valence-corrected chi connectivity index (χ0v) is 7.47. The van der Waals surface area contributed by atoms with E-state index in [-0.39, 0.29) is 11.5 Å². The molecule has 0 fully saturated rings. The molecule has 1 amide bonds. The van der Waals surface area contributed by atoms with Crippen LogP contribution >= 0.6 is 0 Å². The third-order valence-electron chi connectivity index (χ3n) is 1.53. The summed E-state index contributed by atoms with van der Waals surface area (Å²) in [6.07, 6.45) is 0.351. The van der Waals surface area contributed by atoms with Gasteiger partial charge in [-0.15, -0.1) is 0 Å². The van der Waals surface area contributed by atoms with Crippen molar-refractivity contribution < 1.29 is 14.7 Å². The number of rotatable bonds is 3. The molecule has 0 atom stereocenters. The molecular formula is C8H13NO3. The van der Waals surface area contributed by atoms with Gasteiger partial charge in [0, 0.05) is 12.1 Å². The van der Waals surface area contributed by atoms with Gasteiger partial charge in [-0.05, 0) is 13.8 Å². The largest absolute Gasteiger partial charge is 0.478 e. The van der Waals surface area contributed by atoms with E-state index >= 15 is 0 Å². The van der Waals surface area contributed by atoms with E-state index < -0.39 is 5.97 Å². The molecule has 0 bridgehead atoms. The first-order valence-corrected chi connectivity index (χ1v) is 3.69. The Labute approximate surface area is 71.3 Å². The first kappa shape index (κ1) is 10.7. The normalized spacial score (nSPS) is 11.9. The summed E-state index contributed by atoms with van der Waals surface area (Å²) < 4.78 is 0. The number of hydrogen-bond donors (Lipinski definition) is 2. The molecule has 0 radical (unpaired) electrons. The fourth-order valence-electron chi connectivity index (χ4n) is 0.552. The van der Waals surface area contributed by atoms with Gasteiger partial charge < -0.3 is 10.4 Å². The number of aliphatic carboxylic acids is 1. The van der Waals surface area contributed by atoms with Gasteiger partial charge in [0.1, 0.15) is 0 Å². The van der Waals surface area contributed by atoms with E-state index in [0.717, 1.165) is 0 Å². The number of nitrogens with one attached hydrogen (secondary N) is 1. The molecule has 68 valence electrons. The predicted octanol–water partition coefficient (Wildman–Crippen LogP) is 0.891. The SMILES string of the molecule is CCC(=O)N/C(C)=C(/C)C(=O)O. The lowest BCUT2D eigenvalue weighted by Gasteiger charge is -2.04. The summed E-state index contributed by atoms with van der Waals surface area (Å²) in [5, 5.41) is 11.0. The highest BCUT2D eigenvalue weighted by Crippen LogP contribution is 1.99. The standard InChI is InChI=1S/C8H13NO3/c1-4-7(10)9-6(3)5(2)8(11)12/h4H2,1-3H3,(H,9,10)(H,11,12)/b6-5-. The van der Waals surface area contributed by atoms with Gasteiger partial charge in [0.25, 0.3) is 0 Å². The maximum atomic E-state index is 10.8. The Hall–Kier alpha value is -1.32. The molecule has 0 saturated heterocycles. The summed E-state index contributed by atoms with van der Waals surface area (Å²) in [5.41, 5.74) is 0.561. The fourth-order valence-corrected chi connectivity index (χ4v) is 0.552. The number of carboxylic acid groups (broad SMARTS) is 1. The Balaban J connectivity index is 4.37. The van der Waals surface area contributed by atoms with Crippen LogP contribution in [-0.4, -0.2) is 17.0 Å². The van der Waals surface area contributed by atoms with E-state index in [0.29, 0.717) is 12.1 Å². The Morgan fingerprint density at radius 1 is 1.33 bits per heavy atom. The second-order valence-electron chi connectivity index (χ2n) is 2.46. The van der Waals surface area contributed by atoms with Crippen LogP contribution in [0.3, 0.4) is 0 Å². The Bertz CT molecular complexity index is 230. The maximum absolute atomic E-state index is 10.8. The van der Waals surface area contributed by atoms with Crippen molar-refractivity contribution in [3.63, 3.8) is 0 Å². The van der Waals surface area contributed by atoms with Crippen LogP contribution in [0.25, 0.3) is 0 Å². The van der Waals surface area contributed by atoms with Gasteiger partial charge in [0.15, 0.2) is 0 Å². The van der Waals surface area contributed by atoms with E-state index in [1.54, 1.807) is 13.8 Å². The third kappa shape index (κ3) is 3.18. The molecular weight excluding hydrogens is 158 g/mol. The minimum atomic E-state index is -1.01. The van der Waals surface area contributed by atoms with Crippen molar-refractivity contribution in [2.24, 2.45) is 0 Å². The summed E-state index contributed by atoms with van der Waals surface area (Å²) in [6, 6.07) is 0.